The molecule has 0 aliphatic carbocycles. The molecule has 19 N–H and O–H groups in total. The van der Waals surface area contributed by atoms with Crippen molar-refractivity contribution < 1.29 is 113 Å². The van der Waals surface area contributed by atoms with Gasteiger partial charge in [-0.05, 0) is 101 Å². The monoisotopic (exact) mass is 1400 g/mol. The van der Waals surface area contributed by atoms with E-state index in [1.54, 1.807) is 0 Å². The third kappa shape index (κ3) is 13.4. The first-order valence-electron chi connectivity index (χ1n) is 30.0. The molecule has 14 rings (SSSR count). The van der Waals surface area contributed by atoms with E-state index in [9.17, 15) is 65.4 Å². The first kappa shape index (κ1) is 67.8. The van der Waals surface area contributed by atoms with Gasteiger partial charge >= 0.3 is 5.97 Å². The molecule has 33 heteroatoms. The lowest BCUT2D eigenvalue weighted by atomic mass is 9.89. The normalized spacial score (nSPS) is 25.2. The third-order valence-electron chi connectivity index (χ3n) is 17.0. The Labute approximate surface area is 567 Å². The lowest BCUT2D eigenvalue weighted by Gasteiger charge is -2.44. The fourth-order valence-corrected chi connectivity index (χ4v) is 12.6. The number of ether oxygens (including phenoxy) is 5. The van der Waals surface area contributed by atoms with Gasteiger partial charge in [0.1, 0.15) is 107 Å². The van der Waals surface area contributed by atoms with Gasteiger partial charge in [-0.15, -0.1) is 0 Å². The van der Waals surface area contributed by atoms with E-state index in [0.717, 1.165) is 79.7 Å². The highest BCUT2D eigenvalue weighted by Gasteiger charge is 2.49. The number of carboxylic acid groups (broad SMARTS) is 1. The van der Waals surface area contributed by atoms with Crippen LogP contribution in [0.5, 0.6) is 69.0 Å². The van der Waals surface area contributed by atoms with Crippen LogP contribution in [-0.2, 0) is 54.3 Å². The van der Waals surface area contributed by atoms with Crippen LogP contribution in [0.1, 0.15) is 82.2 Å². The number of hydrogen-bond acceptors (Lipinski definition) is 23. The smallest absolute Gasteiger partial charge is 0.330 e. The minimum atomic E-state index is -2.38. The molecule has 7 aromatic rings. The molecule has 2 unspecified atom stereocenters. The maximum Gasteiger partial charge on any atom is 0.330 e. The molecule has 7 aromatic carbocycles. The van der Waals surface area contributed by atoms with Crippen molar-refractivity contribution in [2.75, 3.05) is 6.61 Å². The number of aliphatic carboxylic acids is 1. The Hall–Kier alpha value is -11.2. The standard InChI is InChI=1S/C66H58Cl2N8O23/c1-23(78)70-52-56(86)55(85)45(22-77)98-66(52)99-57-26-7-10-42(36(68)16-26)97-44-18-28-17-43(54(44)84)96-41-9-5-24(11-35(41)67)12-37-59(87)72-49(27-13-29(79)19-31(14-27)95-58-32(3-2-4-39(58)82)47(69)60(88)71-37)62(90)74-50(28)63(91)73-48-25-6-8-38(81)33(15-25)46-34(20-30(80)21-40(46)83)51(65(93)94)75-64(92)53(57)76-61(48)89/h2-11,13-21,37,45,47-53,55-57,66,77,79-86H,12,22,69H2,1H3,(H,70,78)(H,71,88)(H,72,87)(H,73,91)(H,74,90)(H,75,92)(H,76,89)(H,93,94)/t37?,45-,47-,48-,49?,50-,51+,52-,53+,55+,56+,57-,66+/m1/s1. The van der Waals surface area contributed by atoms with E-state index in [2.05, 4.69) is 37.2 Å². The zero-order valence-corrected chi connectivity index (χ0v) is 52.5. The van der Waals surface area contributed by atoms with Gasteiger partial charge in [0, 0.05) is 47.7 Å². The number of hydrogen-bond donors (Lipinski definition) is 18. The molecule has 7 heterocycles. The number of carboxylic acids is 1. The average molecular weight is 1400 g/mol. The molecule has 7 aliphatic rings. The highest BCUT2D eigenvalue weighted by atomic mass is 35.5. The van der Waals surface area contributed by atoms with Crippen molar-refractivity contribution in [2.45, 2.75) is 92.4 Å². The van der Waals surface area contributed by atoms with Crippen LogP contribution >= 0.6 is 23.2 Å². The number of nitrogens with one attached hydrogen (secondary N) is 7. The second-order valence-corrected chi connectivity index (χ2v) is 24.4. The van der Waals surface area contributed by atoms with Crippen LogP contribution in [0.15, 0.2) is 115 Å². The molecule has 7 aliphatic heterocycles. The van der Waals surface area contributed by atoms with E-state index in [1.165, 1.54) is 42.5 Å². The van der Waals surface area contributed by atoms with Crippen molar-refractivity contribution >= 4 is 70.5 Å². The molecule has 1 fully saturated rings. The summed E-state index contributed by atoms with van der Waals surface area (Å²) in [5.74, 6) is -17.3. The number of rotatable bonds is 5. The Morgan fingerprint density at radius 3 is 1.88 bits per heavy atom. The van der Waals surface area contributed by atoms with Gasteiger partial charge in [-0.2, -0.15) is 0 Å². The summed E-state index contributed by atoms with van der Waals surface area (Å²) in [6.07, 6.45) is -10.2. The highest BCUT2D eigenvalue weighted by Crippen LogP contribution is 2.49. The summed E-state index contributed by atoms with van der Waals surface area (Å²) in [5.41, 5.74) is 3.70. The molecular formula is C66H58Cl2N8O23. The van der Waals surface area contributed by atoms with Crippen molar-refractivity contribution in [1.82, 2.24) is 37.2 Å². The number of aliphatic hydroxyl groups is 3. The summed E-state index contributed by atoms with van der Waals surface area (Å²) in [6, 6.07) is 4.97. The largest absolute Gasteiger partial charge is 0.508 e. The molecule has 1 saturated heterocycles. The van der Waals surface area contributed by atoms with Crippen LogP contribution in [-0.4, -0.2) is 148 Å². The van der Waals surface area contributed by atoms with Crippen LogP contribution in [0.25, 0.3) is 11.1 Å². The number of fused-ring (bicyclic) bond motifs is 13. The Balaban J connectivity index is 1.10. The number of carbonyl (C=O) groups excluding carboxylic acids is 7. The lowest BCUT2D eigenvalue weighted by molar-refractivity contribution is -0.284. The Kier molecular flexibility index (Phi) is 18.5. The predicted octanol–water partition coefficient (Wildman–Crippen LogP) is 2.95. The predicted molar refractivity (Wildman–Crippen MR) is 339 cm³/mol. The maximum atomic E-state index is 16.1. The number of halogens is 2. The molecule has 7 amide bonds. The second-order valence-electron chi connectivity index (χ2n) is 23.6. The van der Waals surface area contributed by atoms with Crippen molar-refractivity contribution in [3.8, 4) is 80.1 Å². The molecule has 0 aromatic heterocycles. The van der Waals surface area contributed by atoms with Crippen LogP contribution in [0.4, 0.5) is 0 Å². The van der Waals surface area contributed by atoms with Gasteiger partial charge in [0.2, 0.25) is 47.1 Å². The minimum Gasteiger partial charge on any atom is -0.508 e. The number of para-hydroxylation sites is 1. The summed E-state index contributed by atoms with van der Waals surface area (Å²) in [5, 5.41) is 130. The van der Waals surface area contributed by atoms with Gasteiger partial charge in [-0.1, -0.05) is 53.5 Å². The van der Waals surface area contributed by atoms with Gasteiger partial charge in [-0.3, -0.25) is 33.6 Å². The summed E-state index contributed by atoms with van der Waals surface area (Å²) in [6.45, 7) is 0.0229. The van der Waals surface area contributed by atoms with Gasteiger partial charge in [0.25, 0.3) is 0 Å². The molecule has 15 bridgehead atoms. The molecule has 514 valence electrons. The Morgan fingerprint density at radius 2 is 1.22 bits per heavy atom. The average Bonchev–Trinajstić information content (AvgIpc) is 0.950. The number of nitrogens with two attached hydrogens (primary N) is 1. The molecule has 0 radical (unpaired) electrons. The number of phenols is 6. The van der Waals surface area contributed by atoms with Crippen molar-refractivity contribution in [2.24, 2.45) is 5.73 Å². The van der Waals surface area contributed by atoms with Gasteiger partial charge in [0.15, 0.2) is 35.3 Å². The maximum absolute atomic E-state index is 16.1. The summed E-state index contributed by atoms with van der Waals surface area (Å²) in [7, 11) is 0. The van der Waals surface area contributed by atoms with Crippen molar-refractivity contribution in [3.63, 3.8) is 0 Å². The highest BCUT2D eigenvalue weighted by molar-refractivity contribution is 6.32. The van der Waals surface area contributed by atoms with Crippen molar-refractivity contribution in [1.29, 1.82) is 0 Å². The zero-order chi connectivity index (χ0) is 70.7. The lowest BCUT2D eigenvalue weighted by Crippen LogP contribution is -2.65. The summed E-state index contributed by atoms with van der Waals surface area (Å²) < 4.78 is 31.2. The first-order valence-corrected chi connectivity index (χ1v) is 30.8. The van der Waals surface area contributed by atoms with E-state index < -0.39 is 213 Å². The molecule has 13 atom stereocenters. The first-order chi connectivity index (χ1) is 47.1. The second kappa shape index (κ2) is 27.0. The van der Waals surface area contributed by atoms with E-state index in [1.807, 2.05) is 0 Å². The van der Waals surface area contributed by atoms with Gasteiger partial charge in [0.05, 0.1) is 16.7 Å². The van der Waals surface area contributed by atoms with Crippen LogP contribution < -0.4 is 57.2 Å². The Bertz CT molecular complexity index is 4520. The van der Waals surface area contributed by atoms with E-state index >= 15 is 24.0 Å². The van der Waals surface area contributed by atoms with Crippen LogP contribution in [0.2, 0.25) is 10.0 Å². The number of aromatic hydroxyl groups is 6. The van der Waals surface area contributed by atoms with E-state index in [4.69, 9.17) is 52.6 Å². The van der Waals surface area contributed by atoms with Crippen LogP contribution in [0, 0.1) is 0 Å². The number of benzene rings is 7. The number of carbonyl (C=O) groups is 8. The van der Waals surface area contributed by atoms with Crippen molar-refractivity contribution in [3.05, 3.63) is 164 Å². The summed E-state index contributed by atoms with van der Waals surface area (Å²) >= 11 is 14.0. The quantitative estimate of drug-likeness (QED) is 0.118. The fourth-order valence-electron chi connectivity index (χ4n) is 12.2. The van der Waals surface area contributed by atoms with E-state index in [-0.39, 0.29) is 55.8 Å². The third-order valence-corrected chi connectivity index (χ3v) is 17.6. The molecule has 0 saturated carbocycles. The fraction of sp³-hybridized carbons (Fsp3) is 0.242. The summed E-state index contributed by atoms with van der Waals surface area (Å²) in [4.78, 5) is 119. The minimum absolute atomic E-state index is 0.0995. The SMILES string of the molecule is CC(=O)N[C@H]1[C@H](O[C@@H]2c3ccc(c(Cl)c3)Oc3cc4cc(c3O)Oc3ccc(cc3Cl)CC3NC(=O)[C@H](N)c5cccc(O)c5Oc5cc(O)cc(c5)C(NC3=O)C(=O)N[C@H]4C(=O)N[C@H]3C(=O)N[C@@H]2C(=O)N[C@H](C(=O)O)c2cc(O)cc(O)c2-c2cc3ccc2O)O[C@H](CO)[C@H](O)[C@H]1O. The zero-order valence-electron chi connectivity index (χ0n) is 51.0. The molecule has 99 heavy (non-hydrogen) atoms. The number of amides is 7. The Morgan fingerprint density at radius 1 is 0.596 bits per heavy atom. The topological polar surface area (TPSA) is 495 Å². The molecular weight excluding hydrogens is 1340 g/mol. The van der Waals surface area contributed by atoms with Gasteiger partial charge in [-0.25, -0.2) is 4.79 Å². The molecule has 0 spiro atoms. The van der Waals surface area contributed by atoms with Gasteiger partial charge < -0.3 is 118 Å². The number of aliphatic hydroxyl groups excluding tert-OH is 3. The molecule has 31 nitrogen and oxygen atoms in total. The van der Waals surface area contributed by atoms with Crippen LogP contribution in [0.3, 0.4) is 0 Å². The van der Waals surface area contributed by atoms with E-state index in [0.29, 0.717) is 0 Å². The number of phenolic OH excluding ortho intramolecular Hbond substituents is 6.